The van der Waals surface area contributed by atoms with E-state index < -0.39 is 17.6 Å². The van der Waals surface area contributed by atoms with Crippen molar-refractivity contribution in [3.05, 3.63) is 11.9 Å². The monoisotopic (exact) mass is 449 g/mol. The van der Waals surface area contributed by atoms with Crippen LogP contribution in [-0.2, 0) is 14.3 Å². The number of likely N-dealkylation sites (tertiary alicyclic amines) is 1. The highest BCUT2D eigenvalue weighted by molar-refractivity contribution is 6.00. The first-order chi connectivity index (χ1) is 15.1. The van der Waals surface area contributed by atoms with Crippen molar-refractivity contribution in [3.8, 4) is 0 Å². The Morgan fingerprint density at radius 2 is 1.88 bits per heavy atom. The maximum atomic E-state index is 12.7. The van der Waals surface area contributed by atoms with Gasteiger partial charge in [0.2, 0.25) is 0 Å². The van der Waals surface area contributed by atoms with Gasteiger partial charge in [-0.15, -0.1) is 0 Å². The summed E-state index contributed by atoms with van der Waals surface area (Å²) in [6.07, 6.45) is 5.39. The van der Waals surface area contributed by atoms with Crippen LogP contribution >= 0.6 is 0 Å². The molecule has 0 bridgehead atoms. The van der Waals surface area contributed by atoms with Crippen molar-refractivity contribution in [2.75, 3.05) is 45.8 Å². The molecular formula is C22H35N5O5. The average molecular weight is 450 g/mol. The number of nitrogens with zero attached hydrogens (tertiary/aromatic N) is 4. The number of hydrogen-bond acceptors (Lipinski definition) is 7. The Morgan fingerprint density at radius 3 is 2.47 bits per heavy atom. The number of nitrogens with one attached hydrogen (secondary N) is 1. The van der Waals surface area contributed by atoms with Crippen LogP contribution in [-0.4, -0.2) is 83.8 Å². The van der Waals surface area contributed by atoms with Crippen molar-refractivity contribution < 1.29 is 23.9 Å². The number of ether oxygens (including phenoxy) is 2. The third-order valence-corrected chi connectivity index (χ3v) is 6.63. The van der Waals surface area contributed by atoms with Crippen LogP contribution in [0.5, 0.6) is 0 Å². The van der Waals surface area contributed by atoms with Crippen LogP contribution in [0, 0.1) is 5.41 Å². The fraction of sp³-hybridized carbons (Fsp3) is 0.773. The van der Waals surface area contributed by atoms with E-state index in [2.05, 4.69) is 15.3 Å². The van der Waals surface area contributed by atoms with E-state index in [9.17, 15) is 9.59 Å². The fourth-order valence-corrected chi connectivity index (χ4v) is 4.98. The number of aromatic nitrogens is 2. The second-order valence-electron chi connectivity index (χ2n) is 10.3. The third-order valence-electron chi connectivity index (χ3n) is 6.63. The van der Waals surface area contributed by atoms with Crippen LogP contribution in [0.4, 0.5) is 10.5 Å². The first kappa shape index (κ1) is 23.0. The standard InChI is InChI=1S/C22H35N5O5/c1-21(2,3)32-20(29)23-17-12-27(24-18(17)19(28)25(4)30-5)16-10-22(11-16)13-26(14-22)15-6-8-31-9-7-15/h12,15-16H,6-11,13-14H2,1-5H3,(H,23,29). The molecule has 2 saturated heterocycles. The average Bonchev–Trinajstić information content (AvgIpc) is 3.07. The lowest BCUT2D eigenvalue weighted by Gasteiger charge is -2.61. The molecule has 10 nitrogen and oxygen atoms in total. The van der Waals surface area contributed by atoms with E-state index in [4.69, 9.17) is 14.3 Å². The van der Waals surface area contributed by atoms with Gasteiger partial charge in [0.25, 0.3) is 5.91 Å². The highest BCUT2D eigenvalue weighted by Gasteiger charge is 2.54. The van der Waals surface area contributed by atoms with Gasteiger partial charge in [0.15, 0.2) is 5.69 Å². The van der Waals surface area contributed by atoms with Gasteiger partial charge in [0, 0.05) is 45.6 Å². The molecule has 0 radical (unpaired) electrons. The minimum Gasteiger partial charge on any atom is -0.444 e. The van der Waals surface area contributed by atoms with Crippen LogP contribution in [0.15, 0.2) is 6.20 Å². The van der Waals surface area contributed by atoms with Crippen molar-refractivity contribution in [1.29, 1.82) is 0 Å². The van der Waals surface area contributed by atoms with E-state index >= 15 is 0 Å². The second kappa shape index (κ2) is 8.64. The normalized spacial score (nSPS) is 21.7. The van der Waals surface area contributed by atoms with Crippen molar-refractivity contribution in [2.24, 2.45) is 5.41 Å². The molecular weight excluding hydrogens is 414 g/mol. The number of hydrogen-bond donors (Lipinski definition) is 1. The van der Waals surface area contributed by atoms with Crippen LogP contribution in [0.25, 0.3) is 0 Å². The molecule has 3 aliphatic rings. The van der Waals surface area contributed by atoms with Gasteiger partial charge >= 0.3 is 6.09 Å². The SMILES string of the molecule is CON(C)C(=O)c1nn(C2CC3(C2)CN(C2CCOCC2)C3)cc1NC(=O)OC(C)(C)C. The first-order valence-electron chi connectivity index (χ1n) is 11.3. The van der Waals surface area contributed by atoms with Gasteiger partial charge < -0.3 is 9.47 Å². The molecule has 178 valence electrons. The molecule has 1 aromatic rings. The number of anilines is 1. The number of carbonyl (C=O) groups is 2. The van der Waals surface area contributed by atoms with E-state index in [1.807, 2.05) is 4.68 Å². The topological polar surface area (TPSA) is 98.2 Å². The minimum atomic E-state index is -0.644. The van der Waals surface area contributed by atoms with Crippen LogP contribution in [0.3, 0.4) is 0 Å². The third kappa shape index (κ3) is 4.77. The molecule has 3 fully saturated rings. The van der Waals surface area contributed by atoms with Crippen molar-refractivity contribution in [3.63, 3.8) is 0 Å². The van der Waals surface area contributed by atoms with Crippen LogP contribution in [0.1, 0.15) is 63.0 Å². The highest BCUT2D eigenvalue weighted by atomic mass is 16.7. The van der Waals surface area contributed by atoms with Gasteiger partial charge in [-0.05, 0) is 51.9 Å². The van der Waals surface area contributed by atoms with Gasteiger partial charge in [-0.2, -0.15) is 5.10 Å². The highest BCUT2D eigenvalue weighted by Crippen LogP contribution is 2.55. The summed E-state index contributed by atoms with van der Waals surface area (Å²) < 4.78 is 12.6. The maximum Gasteiger partial charge on any atom is 0.412 e. The van der Waals surface area contributed by atoms with Gasteiger partial charge in [-0.25, -0.2) is 9.86 Å². The predicted octanol–water partition coefficient (Wildman–Crippen LogP) is 2.68. The molecule has 4 rings (SSSR count). The predicted molar refractivity (Wildman–Crippen MR) is 117 cm³/mol. The quantitative estimate of drug-likeness (QED) is 0.690. The summed E-state index contributed by atoms with van der Waals surface area (Å²) in [6, 6.07) is 0.858. The molecule has 1 aromatic heterocycles. The van der Waals surface area contributed by atoms with E-state index in [0.717, 1.165) is 57.0 Å². The summed E-state index contributed by atoms with van der Waals surface area (Å²) >= 11 is 0. The molecule has 0 aromatic carbocycles. The molecule has 1 spiro atoms. The number of carbonyl (C=O) groups excluding carboxylic acids is 2. The maximum absolute atomic E-state index is 12.7. The number of amides is 2. The summed E-state index contributed by atoms with van der Waals surface area (Å²) in [4.78, 5) is 32.6. The lowest BCUT2D eigenvalue weighted by Crippen LogP contribution is -2.65. The molecule has 3 heterocycles. The zero-order chi connectivity index (χ0) is 23.1. The molecule has 0 atom stereocenters. The van der Waals surface area contributed by atoms with Gasteiger partial charge in [0.1, 0.15) is 5.60 Å². The van der Waals surface area contributed by atoms with Gasteiger partial charge in [-0.3, -0.25) is 24.5 Å². The lowest BCUT2D eigenvalue weighted by atomic mass is 9.60. The molecule has 32 heavy (non-hydrogen) atoms. The summed E-state index contributed by atoms with van der Waals surface area (Å²) in [5.41, 5.74) is 0.167. The summed E-state index contributed by atoms with van der Waals surface area (Å²) in [5.74, 6) is -0.430. The first-order valence-corrected chi connectivity index (χ1v) is 11.3. The summed E-state index contributed by atoms with van der Waals surface area (Å²) in [5, 5.41) is 8.30. The second-order valence-corrected chi connectivity index (χ2v) is 10.3. The van der Waals surface area contributed by atoms with E-state index in [1.165, 1.54) is 14.2 Å². The van der Waals surface area contributed by atoms with Gasteiger partial charge in [0.05, 0.1) is 18.8 Å². The zero-order valence-electron chi connectivity index (χ0n) is 19.7. The van der Waals surface area contributed by atoms with Gasteiger partial charge in [-0.1, -0.05) is 0 Å². The minimum absolute atomic E-state index is 0.138. The van der Waals surface area contributed by atoms with Crippen LogP contribution < -0.4 is 5.32 Å². The summed E-state index contributed by atoms with van der Waals surface area (Å²) in [7, 11) is 2.92. The fourth-order valence-electron chi connectivity index (χ4n) is 4.98. The Kier molecular flexibility index (Phi) is 6.21. The smallest absolute Gasteiger partial charge is 0.412 e. The molecule has 1 aliphatic carbocycles. The van der Waals surface area contributed by atoms with Crippen molar-refractivity contribution >= 4 is 17.7 Å². The molecule has 1 N–H and O–H groups in total. The summed E-state index contributed by atoms with van der Waals surface area (Å²) in [6.45, 7) is 9.34. The molecule has 2 amide bonds. The Balaban J connectivity index is 1.41. The Morgan fingerprint density at radius 1 is 1.22 bits per heavy atom. The Bertz CT molecular complexity index is 843. The van der Waals surface area contributed by atoms with Crippen molar-refractivity contribution in [1.82, 2.24) is 19.7 Å². The Labute approximate surface area is 189 Å². The van der Waals surface area contributed by atoms with Crippen molar-refractivity contribution in [2.45, 2.75) is 64.1 Å². The molecule has 1 saturated carbocycles. The molecule has 10 heteroatoms. The number of rotatable bonds is 5. The Hall–Kier alpha value is -2.17. The molecule has 0 unspecified atom stereocenters. The zero-order valence-corrected chi connectivity index (χ0v) is 19.7. The van der Waals surface area contributed by atoms with E-state index in [1.54, 1.807) is 27.0 Å². The van der Waals surface area contributed by atoms with Crippen LogP contribution in [0.2, 0.25) is 0 Å². The van der Waals surface area contributed by atoms with E-state index in [0.29, 0.717) is 17.1 Å². The molecule has 2 aliphatic heterocycles. The lowest BCUT2D eigenvalue weighted by molar-refractivity contribution is -0.124. The largest absolute Gasteiger partial charge is 0.444 e. The number of hydroxylamine groups is 2. The van der Waals surface area contributed by atoms with E-state index in [-0.39, 0.29) is 11.7 Å².